The summed E-state index contributed by atoms with van der Waals surface area (Å²) in [6.45, 7) is 1.81. The zero-order valence-corrected chi connectivity index (χ0v) is 11.3. The fraction of sp³-hybridized carbons (Fsp3) is 0.733. The molecule has 0 saturated heterocycles. The summed E-state index contributed by atoms with van der Waals surface area (Å²) < 4.78 is 0. The average Bonchev–Trinajstić information content (AvgIpc) is 2.37. The molecule has 4 bridgehead atoms. The molecule has 19 heavy (non-hydrogen) atoms. The predicted molar refractivity (Wildman–Crippen MR) is 69.1 cm³/mol. The van der Waals surface area contributed by atoms with Gasteiger partial charge in [-0.2, -0.15) is 10.4 Å². The van der Waals surface area contributed by atoms with E-state index in [2.05, 4.69) is 21.3 Å². The lowest BCUT2D eigenvalue weighted by atomic mass is 9.49. The molecule has 0 spiro atoms. The van der Waals surface area contributed by atoms with Crippen LogP contribution in [0, 0.1) is 36.0 Å². The molecule has 98 valence electrons. The van der Waals surface area contributed by atoms with Gasteiger partial charge >= 0.3 is 0 Å². The maximum Gasteiger partial charge on any atom is 0.165 e. The molecule has 4 nitrogen and oxygen atoms in total. The molecule has 0 N–H and O–H groups in total. The number of nitrogens with zero attached hydrogens (tertiary/aromatic N) is 4. The van der Waals surface area contributed by atoms with Gasteiger partial charge in [0.05, 0.1) is 5.69 Å². The summed E-state index contributed by atoms with van der Waals surface area (Å²) in [5, 5.41) is 17.7. The molecule has 5 rings (SSSR count). The van der Waals surface area contributed by atoms with Gasteiger partial charge in [0.2, 0.25) is 0 Å². The molecule has 1 aromatic rings. The molecule has 1 aromatic heterocycles. The van der Waals surface area contributed by atoms with E-state index in [0.717, 1.165) is 23.6 Å². The molecule has 1 heterocycles. The Balaban J connectivity index is 1.78. The Morgan fingerprint density at radius 3 is 2.16 bits per heavy atom. The Kier molecular flexibility index (Phi) is 2.24. The van der Waals surface area contributed by atoms with Crippen LogP contribution in [-0.2, 0) is 5.41 Å². The van der Waals surface area contributed by atoms with Crippen molar-refractivity contribution in [3.05, 3.63) is 17.2 Å². The van der Waals surface area contributed by atoms with E-state index in [1.165, 1.54) is 38.5 Å². The van der Waals surface area contributed by atoms with Gasteiger partial charge in [-0.05, 0) is 63.2 Å². The summed E-state index contributed by atoms with van der Waals surface area (Å²) in [5.74, 6) is 3.44. The first kappa shape index (κ1) is 11.3. The second-order valence-corrected chi connectivity index (χ2v) is 6.88. The van der Waals surface area contributed by atoms with Crippen LogP contribution < -0.4 is 0 Å². The van der Waals surface area contributed by atoms with Crippen molar-refractivity contribution < 1.29 is 0 Å². The standard InChI is InChI=1S/C15H18N4/c1-9-13(8-16)17-14(19-18-9)15-5-10-2-11(6-15)4-12(3-10)7-15/h10-12H,2-7H2,1H3. The van der Waals surface area contributed by atoms with Crippen LogP contribution in [0.5, 0.6) is 0 Å². The molecule has 4 saturated carbocycles. The van der Waals surface area contributed by atoms with E-state index < -0.39 is 0 Å². The van der Waals surface area contributed by atoms with Crippen molar-refractivity contribution in [3.8, 4) is 6.07 Å². The van der Waals surface area contributed by atoms with Crippen molar-refractivity contribution in [1.29, 1.82) is 5.26 Å². The largest absolute Gasteiger partial charge is 0.218 e. The quantitative estimate of drug-likeness (QED) is 0.772. The molecule has 4 aliphatic rings. The smallest absolute Gasteiger partial charge is 0.165 e. The zero-order chi connectivity index (χ0) is 13.0. The highest BCUT2D eigenvalue weighted by atomic mass is 15.2. The highest BCUT2D eigenvalue weighted by Crippen LogP contribution is 2.59. The maximum absolute atomic E-state index is 9.14. The summed E-state index contributed by atoms with van der Waals surface area (Å²) in [7, 11) is 0. The number of rotatable bonds is 1. The SMILES string of the molecule is Cc1nnc(C23CC4CC(CC(C4)C2)C3)nc1C#N. The van der Waals surface area contributed by atoms with E-state index in [1.807, 2.05) is 6.92 Å². The van der Waals surface area contributed by atoms with Gasteiger partial charge in [0, 0.05) is 5.41 Å². The van der Waals surface area contributed by atoms with Crippen LogP contribution in [0.3, 0.4) is 0 Å². The summed E-state index contributed by atoms with van der Waals surface area (Å²) >= 11 is 0. The third-order valence-corrected chi connectivity index (χ3v) is 5.47. The number of aryl methyl sites for hydroxylation is 1. The van der Waals surface area contributed by atoms with Crippen LogP contribution >= 0.6 is 0 Å². The molecule has 0 aromatic carbocycles. The lowest BCUT2D eigenvalue weighted by Crippen LogP contribution is -2.49. The molecule has 4 fully saturated rings. The summed E-state index contributed by atoms with van der Waals surface area (Å²) in [5.41, 5.74) is 1.25. The molecule has 4 aliphatic carbocycles. The lowest BCUT2D eigenvalue weighted by molar-refractivity contribution is -0.00992. The first-order valence-corrected chi connectivity index (χ1v) is 7.30. The average molecular weight is 254 g/mol. The van der Waals surface area contributed by atoms with E-state index in [4.69, 9.17) is 5.26 Å². The molecule has 0 aliphatic heterocycles. The summed E-state index contributed by atoms with van der Waals surface area (Å²) in [6.07, 6.45) is 7.87. The van der Waals surface area contributed by atoms with Crippen LogP contribution in [-0.4, -0.2) is 15.2 Å². The molecule has 0 unspecified atom stereocenters. The van der Waals surface area contributed by atoms with Gasteiger partial charge < -0.3 is 0 Å². The lowest BCUT2D eigenvalue weighted by Gasteiger charge is -2.55. The first-order valence-electron chi connectivity index (χ1n) is 7.30. The van der Waals surface area contributed by atoms with Gasteiger partial charge in [0.15, 0.2) is 11.5 Å². The van der Waals surface area contributed by atoms with Crippen LogP contribution in [0.4, 0.5) is 0 Å². The minimum absolute atomic E-state index is 0.140. The first-order chi connectivity index (χ1) is 9.18. The second kappa shape index (κ2) is 3.75. The Hall–Kier alpha value is -1.50. The Labute approximate surface area is 113 Å². The van der Waals surface area contributed by atoms with Gasteiger partial charge in [0.25, 0.3) is 0 Å². The van der Waals surface area contributed by atoms with Crippen molar-refractivity contribution in [2.75, 3.05) is 0 Å². The third kappa shape index (κ3) is 1.60. The number of nitriles is 1. The normalized spacial score (nSPS) is 39.3. The van der Waals surface area contributed by atoms with E-state index in [1.54, 1.807) is 0 Å². The number of hydrogen-bond acceptors (Lipinski definition) is 4. The van der Waals surface area contributed by atoms with E-state index in [9.17, 15) is 0 Å². The highest BCUT2D eigenvalue weighted by molar-refractivity contribution is 5.26. The van der Waals surface area contributed by atoms with Gasteiger partial charge in [-0.15, -0.1) is 5.10 Å². The number of hydrogen-bond donors (Lipinski definition) is 0. The molecule has 0 atom stereocenters. The molecule has 0 radical (unpaired) electrons. The van der Waals surface area contributed by atoms with Crippen molar-refractivity contribution in [3.63, 3.8) is 0 Å². The fourth-order valence-corrected chi connectivity index (χ4v) is 5.09. The van der Waals surface area contributed by atoms with Gasteiger partial charge in [-0.25, -0.2) is 4.98 Å². The van der Waals surface area contributed by atoms with Crippen LogP contribution in [0.2, 0.25) is 0 Å². The summed E-state index contributed by atoms with van der Waals surface area (Å²) in [4.78, 5) is 4.55. The molecular weight excluding hydrogens is 236 g/mol. The van der Waals surface area contributed by atoms with Gasteiger partial charge in [0.1, 0.15) is 6.07 Å². The van der Waals surface area contributed by atoms with Crippen LogP contribution in [0.15, 0.2) is 0 Å². The van der Waals surface area contributed by atoms with Crippen molar-refractivity contribution >= 4 is 0 Å². The summed E-state index contributed by atoms with van der Waals surface area (Å²) in [6, 6.07) is 2.15. The van der Waals surface area contributed by atoms with E-state index >= 15 is 0 Å². The maximum atomic E-state index is 9.14. The van der Waals surface area contributed by atoms with Crippen molar-refractivity contribution in [1.82, 2.24) is 15.2 Å². The van der Waals surface area contributed by atoms with Crippen molar-refractivity contribution in [2.45, 2.75) is 50.9 Å². The Morgan fingerprint density at radius 1 is 1.05 bits per heavy atom. The minimum atomic E-state index is 0.140. The monoisotopic (exact) mass is 254 g/mol. The van der Waals surface area contributed by atoms with Gasteiger partial charge in [-0.1, -0.05) is 0 Å². The Bertz CT molecular complexity index is 537. The minimum Gasteiger partial charge on any atom is -0.218 e. The third-order valence-electron chi connectivity index (χ3n) is 5.47. The van der Waals surface area contributed by atoms with E-state index in [-0.39, 0.29) is 5.41 Å². The topological polar surface area (TPSA) is 62.5 Å². The van der Waals surface area contributed by atoms with Gasteiger partial charge in [-0.3, -0.25) is 0 Å². The molecular formula is C15H18N4. The second-order valence-electron chi connectivity index (χ2n) is 6.88. The van der Waals surface area contributed by atoms with Crippen LogP contribution in [0.25, 0.3) is 0 Å². The predicted octanol–water partition coefficient (Wildman–Crippen LogP) is 2.52. The fourth-order valence-electron chi connectivity index (χ4n) is 5.09. The van der Waals surface area contributed by atoms with Crippen LogP contribution in [0.1, 0.15) is 55.7 Å². The molecule has 4 heteroatoms. The van der Waals surface area contributed by atoms with Crippen molar-refractivity contribution in [2.24, 2.45) is 17.8 Å². The Morgan fingerprint density at radius 2 is 1.63 bits per heavy atom. The molecule has 0 amide bonds. The highest BCUT2D eigenvalue weighted by Gasteiger charge is 2.53. The zero-order valence-electron chi connectivity index (χ0n) is 11.3. The van der Waals surface area contributed by atoms with E-state index in [0.29, 0.717) is 11.4 Å². The number of aromatic nitrogens is 3.